The highest BCUT2D eigenvalue weighted by Gasteiger charge is 2.52. The number of likely N-dealkylation sites (N-methyl/N-ethyl adjacent to an activating group) is 2. The Morgan fingerprint density at radius 2 is 1.58 bits per heavy atom. The van der Waals surface area contributed by atoms with E-state index in [9.17, 15) is 14.4 Å². The average molecular weight is 424 g/mol. The molecule has 0 saturated carbocycles. The molecule has 2 aromatic carbocycles. The Morgan fingerprint density at radius 3 is 2.16 bits per heavy atom. The number of nitrogens with one attached hydrogen (secondary N) is 1. The molecule has 1 fully saturated rings. The maximum atomic E-state index is 12.7. The van der Waals surface area contributed by atoms with Crippen molar-refractivity contribution in [3.63, 3.8) is 0 Å². The van der Waals surface area contributed by atoms with Crippen molar-refractivity contribution in [2.45, 2.75) is 38.0 Å². The van der Waals surface area contributed by atoms with Gasteiger partial charge in [-0.2, -0.15) is 0 Å². The van der Waals surface area contributed by atoms with E-state index in [0.717, 1.165) is 17.7 Å². The third-order valence-corrected chi connectivity index (χ3v) is 5.39. The van der Waals surface area contributed by atoms with Crippen LogP contribution in [0.4, 0.5) is 5.69 Å². The van der Waals surface area contributed by atoms with Crippen LogP contribution in [0.15, 0.2) is 54.6 Å². The van der Waals surface area contributed by atoms with Crippen molar-refractivity contribution in [1.29, 1.82) is 0 Å². The zero-order chi connectivity index (χ0) is 22.5. The second-order valence-corrected chi connectivity index (χ2v) is 7.88. The van der Waals surface area contributed by atoms with Crippen molar-refractivity contribution in [3.8, 4) is 0 Å². The van der Waals surface area contributed by atoms with Gasteiger partial charge in [-0.05, 0) is 29.7 Å². The minimum atomic E-state index is -0.891. The second kappa shape index (κ2) is 9.75. The largest absolute Gasteiger partial charge is 0.349 e. The first-order chi connectivity index (χ1) is 14.8. The first-order valence-corrected chi connectivity index (χ1v) is 10.4. The summed E-state index contributed by atoms with van der Waals surface area (Å²) in [4.78, 5) is 41.0. The van der Waals surface area contributed by atoms with Gasteiger partial charge in [0.05, 0.1) is 0 Å². The molecule has 0 aromatic heterocycles. The second-order valence-electron chi connectivity index (χ2n) is 7.88. The molecule has 7 nitrogen and oxygen atoms in total. The van der Waals surface area contributed by atoms with Crippen LogP contribution in [0, 0.1) is 0 Å². The summed E-state index contributed by atoms with van der Waals surface area (Å²) >= 11 is 0. The van der Waals surface area contributed by atoms with Crippen LogP contribution in [-0.2, 0) is 32.0 Å². The number of carbonyl (C=O) groups is 3. The Hall–Kier alpha value is -3.19. The van der Waals surface area contributed by atoms with E-state index in [1.165, 1.54) is 15.4 Å². The quantitative estimate of drug-likeness (QED) is 0.657. The van der Waals surface area contributed by atoms with E-state index in [1.54, 1.807) is 21.1 Å². The summed E-state index contributed by atoms with van der Waals surface area (Å²) in [7, 11) is 4.95. The molecule has 1 N–H and O–H groups in total. The fourth-order valence-corrected chi connectivity index (χ4v) is 3.39. The zero-order valence-electron chi connectivity index (χ0n) is 18.4. The van der Waals surface area contributed by atoms with Crippen molar-refractivity contribution < 1.29 is 19.1 Å². The lowest BCUT2D eigenvalue weighted by molar-refractivity contribution is -0.134. The summed E-state index contributed by atoms with van der Waals surface area (Å²) in [6, 6.07) is 16.4. The van der Waals surface area contributed by atoms with Crippen LogP contribution >= 0.6 is 0 Å². The summed E-state index contributed by atoms with van der Waals surface area (Å²) in [5, 5.41) is 2.76. The molecule has 0 spiro atoms. The van der Waals surface area contributed by atoms with Crippen LogP contribution in [0.1, 0.15) is 18.1 Å². The van der Waals surface area contributed by atoms with Crippen LogP contribution in [0.25, 0.3) is 0 Å². The number of benzene rings is 2. The Morgan fingerprint density at radius 1 is 0.935 bits per heavy atom. The molecule has 2 aromatic rings. The lowest BCUT2D eigenvalue weighted by atomic mass is 10.0. The van der Waals surface area contributed by atoms with Crippen LogP contribution in [-0.4, -0.2) is 62.0 Å². The van der Waals surface area contributed by atoms with Crippen LogP contribution in [0.2, 0.25) is 0 Å². The molecule has 7 heteroatoms. The number of epoxide rings is 1. The normalized spacial score (nSPS) is 18.1. The molecule has 1 heterocycles. The van der Waals surface area contributed by atoms with Crippen LogP contribution < -0.4 is 10.2 Å². The van der Waals surface area contributed by atoms with Gasteiger partial charge in [-0.3, -0.25) is 14.4 Å². The summed E-state index contributed by atoms with van der Waals surface area (Å²) in [5.41, 5.74) is 2.85. The highest BCUT2D eigenvalue weighted by Crippen LogP contribution is 2.27. The molecule has 3 rings (SSSR count). The molecular weight excluding hydrogens is 394 g/mol. The number of nitrogens with zero attached hydrogens (tertiary/aromatic N) is 2. The Kier molecular flexibility index (Phi) is 7.07. The van der Waals surface area contributed by atoms with Gasteiger partial charge in [-0.1, -0.05) is 49.4 Å². The maximum absolute atomic E-state index is 12.7. The number of anilines is 1. The Labute approximate surface area is 183 Å². The van der Waals surface area contributed by atoms with E-state index >= 15 is 0 Å². The van der Waals surface area contributed by atoms with Gasteiger partial charge in [0.25, 0.3) is 11.8 Å². The van der Waals surface area contributed by atoms with Gasteiger partial charge < -0.3 is 19.9 Å². The molecule has 3 atom stereocenters. The zero-order valence-corrected chi connectivity index (χ0v) is 18.4. The van der Waals surface area contributed by atoms with Crippen molar-refractivity contribution in [3.05, 3.63) is 65.7 Å². The third-order valence-electron chi connectivity index (χ3n) is 5.39. The summed E-state index contributed by atoms with van der Waals surface area (Å²) in [6.45, 7) is 2.07. The number of carbonyl (C=O) groups excluding carboxylic acids is 3. The standard InChI is InChI=1S/C24H29N3O4/c1-5-16-11-13-18(14-12-16)27(4)24(30)21-20(31-21)22(28)25-19(23(29)26(2)3)15-17-9-7-6-8-10-17/h6-14,19-21H,5,15H2,1-4H3,(H,25,28)/t19-,20-,21-/m0/s1. The SMILES string of the molecule is CCc1ccc(N(C)C(=O)[C@H]2O[C@@H]2C(=O)N[C@@H](Cc2ccccc2)C(=O)N(C)C)cc1. The molecule has 1 aliphatic rings. The minimum Gasteiger partial charge on any atom is -0.349 e. The van der Waals surface area contributed by atoms with Crippen LogP contribution in [0.5, 0.6) is 0 Å². The molecule has 1 saturated heterocycles. The smallest absolute Gasteiger partial charge is 0.259 e. The van der Waals surface area contributed by atoms with Gasteiger partial charge in [0, 0.05) is 33.3 Å². The molecule has 0 bridgehead atoms. The van der Waals surface area contributed by atoms with Crippen molar-refractivity contribution in [1.82, 2.24) is 10.2 Å². The Balaban J connectivity index is 1.62. The Bertz CT molecular complexity index is 928. The molecule has 0 aliphatic carbocycles. The highest BCUT2D eigenvalue weighted by molar-refractivity contribution is 6.03. The number of aryl methyl sites for hydroxylation is 1. The first kappa shape index (κ1) is 22.5. The van der Waals surface area contributed by atoms with Gasteiger partial charge in [0.2, 0.25) is 5.91 Å². The fraction of sp³-hybridized carbons (Fsp3) is 0.375. The van der Waals surface area contributed by atoms with E-state index < -0.39 is 24.2 Å². The van der Waals surface area contributed by atoms with Crippen molar-refractivity contribution in [2.24, 2.45) is 0 Å². The summed E-state index contributed by atoms with van der Waals surface area (Å²) < 4.78 is 5.39. The van der Waals surface area contributed by atoms with Gasteiger partial charge in [0.1, 0.15) is 6.04 Å². The minimum absolute atomic E-state index is 0.214. The van der Waals surface area contributed by atoms with Crippen molar-refractivity contribution in [2.75, 3.05) is 26.0 Å². The molecule has 164 valence electrons. The van der Waals surface area contributed by atoms with Crippen LogP contribution in [0.3, 0.4) is 0 Å². The highest BCUT2D eigenvalue weighted by atomic mass is 16.6. The topological polar surface area (TPSA) is 82.2 Å². The molecule has 0 radical (unpaired) electrons. The van der Waals surface area contributed by atoms with Gasteiger partial charge in [-0.15, -0.1) is 0 Å². The summed E-state index contributed by atoms with van der Waals surface area (Å²) in [5.74, 6) is -0.957. The number of ether oxygens (including phenoxy) is 1. The lowest BCUT2D eigenvalue weighted by Gasteiger charge is -2.21. The number of hydrogen-bond acceptors (Lipinski definition) is 4. The van der Waals surface area contributed by atoms with Gasteiger partial charge >= 0.3 is 0 Å². The number of hydrogen-bond donors (Lipinski definition) is 1. The van der Waals surface area contributed by atoms with E-state index in [-0.39, 0.29) is 11.8 Å². The first-order valence-electron chi connectivity index (χ1n) is 10.4. The number of rotatable bonds is 8. The molecule has 3 amide bonds. The summed E-state index contributed by atoms with van der Waals surface area (Å²) in [6.07, 6.45) is -0.457. The molecule has 31 heavy (non-hydrogen) atoms. The van der Waals surface area contributed by atoms with Gasteiger partial charge in [-0.25, -0.2) is 0 Å². The van der Waals surface area contributed by atoms with E-state index in [2.05, 4.69) is 12.2 Å². The predicted molar refractivity (Wildman–Crippen MR) is 119 cm³/mol. The third kappa shape index (κ3) is 5.49. The molecule has 1 aliphatic heterocycles. The monoisotopic (exact) mass is 423 g/mol. The molecule has 0 unspecified atom stereocenters. The van der Waals surface area contributed by atoms with Crippen molar-refractivity contribution >= 4 is 23.4 Å². The maximum Gasteiger partial charge on any atom is 0.259 e. The van der Waals surface area contributed by atoms with E-state index in [4.69, 9.17) is 4.74 Å². The van der Waals surface area contributed by atoms with Gasteiger partial charge in [0.15, 0.2) is 12.2 Å². The van der Waals surface area contributed by atoms with E-state index in [0.29, 0.717) is 6.42 Å². The predicted octanol–water partition coefficient (Wildman–Crippen LogP) is 1.79. The fourth-order valence-electron chi connectivity index (χ4n) is 3.39. The lowest BCUT2D eigenvalue weighted by Crippen LogP contribution is -2.49. The molecular formula is C24H29N3O4. The number of amides is 3. The van der Waals surface area contributed by atoms with E-state index in [1.807, 2.05) is 54.6 Å². The average Bonchev–Trinajstić information content (AvgIpc) is 3.59.